The molecule has 0 saturated carbocycles. The van der Waals surface area contributed by atoms with Gasteiger partial charge in [0.05, 0.1) is 0 Å². The topological polar surface area (TPSA) is 9.23 Å². The van der Waals surface area contributed by atoms with Crippen LogP contribution in [0.4, 0.5) is 0 Å². The first kappa shape index (κ1) is 8.87. The standard InChI is InChI=1S/C6H14OSi2/c1-4-9(5-2,6-3)7-8/h4-5H,1-2,6H2,3,8H3. The van der Waals surface area contributed by atoms with Crippen LogP contribution >= 0.6 is 0 Å². The molecule has 0 fully saturated rings. The van der Waals surface area contributed by atoms with E-state index >= 15 is 0 Å². The lowest BCUT2D eigenvalue weighted by Gasteiger charge is -2.19. The van der Waals surface area contributed by atoms with Gasteiger partial charge < -0.3 is 4.12 Å². The van der Waals surface area contributed by atoms with Gasteiger partial charge in [-0.15, -0.1) is 13.2 Å². The highest BCUT2D eigenvalue weighted by molar-refractivity contribution is 6.85. The van der Waals surface area contributed by atoms with Crippen molar-refractivity contribution < 1.29 is 4.12 Å². The summed E-state index contributed by atoms with van der Waals surface area (Å²) in [5.74, 6) is 0. The Morgan fingerprint density at radius 2 is 2.00 bits per heavy atom. The summed E-state index contributed by atoms with van der Waals surface area (Å²) in [5.41, 5.74) is 3.88. The van der Waals surface area contributed by atoms with E-state index in [4.69, 9.17) is 4.12 Å². The molecule has 0 aromatic carbocycles. The fourth-order valence-electron chi connectivity index (χ4n) is 0.683. The van der Waals surface area contributed by atoms with Crippen LogP contribution in [0.2, 0.25) is 6.04 Å². The zero-order chi connectivity index (χ0) is 7.33. The molecular formula is C6H14OSi2. The predicted molar refractivity (Wildman–Crippen MR) is 47.7 cm³/mol. The van der Waals surface area contributed by atoms with Gasteiger partial charge in [-0.2, -0.15) is 0 Å². The van der Waals surface area contributed by atoms with Gasteiger partial charge in [-0.3, -0.25) is 0 Å². The molecule has 0 aliphatic heterocycles. The van der Waals surface area contributed by atoms with Crippen molar-refractivity contribution >= 4 is 18.8 Å². The molecule has 0 radical (unpaired) electrons. The van der Waals surface area contributed by atoms with Gasteiger partial charge in [-0.1, -0.05) is 18.3 Å². The van der Waals surface area contributed by atoms with Crippen LogP contribution in [-0.2, 0) is 4.12 Å². The summed E-state index contributed by atoms with van der Waals surface area (Å²) in [4.78, 5) is 0. The normalized spacial score (nSPS) is 11.2. The molecule has 52 valence electrons. The summed E-state index contributed by atoms with van der Waals surface area (Å²) < 4.78 is 5.43. The van der Waals surface area contributed by atoms with Gasteiger partial charge in [0.1, 0.15) is 10.5 Å². The van der Waals surface area contributed by atoms with Crippen molar-refractivity contribution in [1.29, 1.82) is 0 Å². The van der Waals surface area contributed by atoms with E-state index in [2.05, 4.69) is 20.1 Å². The molecule has 0 aliphatic rings. The second-order valence-corrected chi connectivity index (χ2v) is 6.99. The first-order chi connectivity index (χ1) is 4.24. The van der Waals surface area contributed by atoms with E-state index in [1.165, 1.54) is 0 Å². The fraction of sp³-hybridized carbons (Fsp3) is 0.333. The molecule has 0 aromatic rings. The summed E-state index contributed by atoms with van der Waals surface area (Å²) >= 11 is 0. The van der Waals surface area contributed by atoms with E-state index in [0.29, 0.717) is 0 Å². The molecular weight excluding hydrogens is 144 g/mol. The predicted octanol–water partition coefficient (Wildman–Crippen LogP) is 0.699. The van der Waals surface area contributed by atoms with Gasteiger partial charge >= 0.3 is 0 Å². The van der Waals surface area contributed by atoms with Crippen LogP contribution in [-0.4, -0.2) is 18.8 Å². The smallest absolute Gasteiger partial charge is 0.228 e. The van der Waals surface area contributed by atoms with Gasteiger partial charge in [0.15, 0.2) is 0 Å². The van der Waals surface area contributed by atoms with Crippen molar-refractivity contribution in [1.82, 2.24) is 0 Å². The van der Waals surface area contributed by atoms with Crippen LogP contribution in [0.15, 0.2) is 24.6 Å². The summed E-state index contributed by atoms with van der Waals surface area (Å²) in [5, 5.41) is 0. The van der Waals surface area contributed by atoms with Crippen LogP contribution in [0.3, 0.4) is 0 Å². The second-order valence-electron chi connectivity index (χ2n) is 1.92. The maximum atomic E-state index is 5.43. The van der Waals surface area contributed by atoms with E-state index in [1.54, 1.807) is 0 Å². The maximum absolute atomic E-state index is 5.43. The Bertz CT molecular complexity index is 97.6. The molecule has 0 saturated heterocycles. The third-order valence-corrected chi connectivity index (χ3v) is 7.15. The Kier molecular flexibility index (Phi) is 3.76. The van der Waals surface area contributed by atoms with Gasteiger partial charge in [0.2, 0.25) is 8.32 Å². The van der Waals surface area contributed by atoms with Crippen LogP contribution < -0.4 is 0 Å². The molecule has 0 rings (SSSR count). The molecule has 3 heteroatoms. The molecule has 0 spiro atoms. The Morgan fingerprint density at radius 1 is 1.56 bits per heavy atom. The Labute approximate surface area is 61.1 Å². The third kappa shape index (κ3) is 1.93. The third-order valence-electron chi connectivity index (χ3n) is 1.62. The number of hydrogen-bond donors (Lipinski definition) is 0. The van der Waals surface area contributed by atoms with E-state index < -0.39 is 8.32 Å². The molecule has 0 aromatic heterocycles. The Hall–Kier alpha value is -0.126. The largest absolute Gasteiger partial charge is 0.458 e. The van der Waals surface area contributed by atoms with Crippen molar-refractivity contribution in [2.45, 2.75) is 13.0 Å². The van der Waals surface area contributed by atoms with E-state index in [-0.39, 0.29) is 0 Å². The van der Waals surface area contributed by atoms with E-state index in [1.807, 2.05) is 11.4 Å². The second kappa shape index (κ2) is 3.82. The molecule has 0 heterocycles. The molecule has 0 unspecified atom stereocenters. The molecule has 0 bridgehead atoms. The highest BCUT2D eigenvalue weighted by Gasteiger charge is 2.21. The van der Waals surface area contributed by atoms with Gasteiger partial charge in [-0.05, 0) is 6.04 Å². The molecule has 0 aliphatic carbocycles. The lowest BCUT2D eigenvalue weighted by atomic mass is 11.0. The minimum absolute atomic E-state index is 0.794. The lowest BCUT2D eigenvalue weighted by molar-refractivity contribution is 0.624. The average Bonchev–Trinajstić information content (AvgIpc) is 1.95. The zero-order valence-electron chi connectivity index (χ0n) is 6.18. The average molecular weight is 158 g/mol. The van der Waals surface area contributed by atoms with Gasteiger partial charge in [0, 0.05) is 0 Å². The number of hydrogen-bond acceptors (Lipinski definition) is 1. The molecule has 0 amide bonds. The Morgan fingerprint density at radius 3 is 2.00 bits per heavy atom. The van der Waals surface area contributed by atoms with Crippen molar-refractivity contribution in [2.75, 3.05) is 0 Å². The molecule has 0 N–H and O–H groups in total. The summed E-state index contributed by atoms with van der Waals surface area (Å²) in [6, 6.07) is 1.06. The van der Waals surface area contributed by atoms with Crippen LogP contribution in [0.1, 0.15) is 6.92 Å². The highest BCUT2D eigenvalue weighted by Crippen LogP contribution is 2.10. The van der Waals surface area contributed by atoms with Crippen molar-refractivity contribution in [2.24, 2.45) is 0 Å². The van der Waals surface area contributed by atoms with Crippen LogP contribution in [0.5, 0.6) is 0 Å². The fourth-order valence-corrected chi connectivity index (χ4v) is 3.92. The van der Waals surface area contributed by atoms with Gasteiger partial charge in [0.25, 0.3) is 0 Å². The van der Waals surface area contributed by atoms with E-state index in [0.717, 1.165) is 16.5 Å². The molecule has 9 heavy (non-hydrogen) atoms. The summed E-state index contributed by atoms with van der Waals surface area (Å²) in [6.07, 6.45) is 0. The quantitative estimate of drug-likeness (QED) is 0.547. The number of rotatable bonds is 4. The highest BCUT2D eigenvalue weighted by atomic mass is 28.4. The molecule has 0 atom stereocenters. The minimum Gasteiger partial charge on any atom is -0.458 e. The summed E-state index contributed by atoms with van der Waals surface area (Å²) in [6.45, 7) is 9.59. The van der Waals surface area contributed by atoms with Gasteiger partial charge in [-0.25, -0.2) is 0 Å². The monoisotopic (exact) mass is 158 g/mol. The van der Waals surface area contributed by atoms with Crippen molar-refractivity contribution in [3.63, 3.8) is 0 Å². The van der Waals surface area contributed by atoms with Crippen LogP contribution in [0.25, 0.3) is 0 Å². The molecule has 1 nitrogen and oxygen atoms in total. The van der Waals surface area contributed by atoms with Crippen molar-refractivity contribution in [3.8, 4) is 0 Å². The van der Waals surface area contributed by atoms with Crippen molar-refractivity contribution in [3.05, 3.63) is 24.6 Å². The SMILES string of the molecule is C=C[Si](C=C)(CC)O[SiH3]. The first-order valence-corrected chi connectivity index (χ1v) is 6.15. The minimum atomic E-state index is -1.60. The summed E-state index contributed by atoms with van der Waals surface area (Å²) in [7, 11) is -0.808. The lowest BCUT2D eigenvalue weighted by Crippen LogP contribution is -2.31. The maximum Gasteiger partial charge on any atom is 0.228 e. The first-order valence-electron chi connectivity index (χ1n) is 3.07. The van der Waals surface area contributed by atoms with E-state index in [9.17, 15) is 0 Å². The van der Waals surface area contributed by atoms with Crippen LogP contribution in [0, 0.1) is 0 Å². The zero-order valence-corrected chi connectivity index (χ0v) is 9.18. The Balaban J connectivity index is 4.15.